The molecule has 0 saturated carbocycles. The van der Waals surface area contributed by atoms with Gasteiger partial charge in [-0.3, -0.25) is 4.98 Å². The van der Waals surface area contributed by atoms with Crippen LogP contribution in [-0.4, -0.2) is 21.8 Å². The van der Waals surface area contributed by atoms with Crippen LogP contribution in [0.3, 0.4) is 0 Å². The summed E-state index contributed by atoms with van der Waals surface area (Å²) in [5.74, 6) is 0. The molecule has 0 fully saturated rings. The maximum absolute atomic E-state index is 3.98. The zero-order valence-electron chi connectivity index (χ0n) is 6.12. The van der Waals surface area contributed by atoms with Gasteiger partial charge < -0.3 is 16.8 Å². The average Bonchev–Trinajstić information content (AvgIpc) is 1.69. The molecule has 1 aromatic rings. The second-order valence-electron chi connectivity index (χ2n) is 1.47. The van der Waals surface area contributed by atoms with Crippen molar-refractivity contribution in [3.05, 3.63) is 30.1 Å². The first kappa shape index (κ1) is 16.5. The zero-order valence-corrected chi connectivity index (χ0v) is 9.09. The second-order valence-corrected chi connectivity index (χ2v) is 1.47. The third kappa shape index (κ3) is 6.03. The summed E-state index contributed by atoms with van der Waals surface area (Å²) in [4.78, 5) is 3.98. The van der Waals surface area contributed by atoms with E-state index in [-0.39, 0.29) is 36.3 Å². The summed E-state index contributed by atoms with van der Waals surface area (Å²) in [6.45, 7) is 1.97. The Bertz CT molecular complexity index is 146. The minimum atomic E-state index is 0. The monoisotopic (exact) mass is 179 g/mol. The van der Waals surface area contributed by atoms with Gasteiger partial charge in [0.15, 0.2) is 0 Å². The summed E-state index contributed by atoms with van der Waals surface area (Å²) in [6, 6.07) is 5.86. The molecule has 0 N–H and O–H groups in total. The van der Waals surface area contributed by atoms with Crippen LogP contribution in [0.5, 0.6) is 0 Å². The molecule has 0 amide bonds. The number of hydrogen-bond acceptors (Lipinski definition) is 1. The number of hydrogen-bond donors (Lipinski definition) is 0. The van der Waals surface area contributed by atoms with E-state index in [1.54, 1.807) is 6.20 Å². The largest absolute Gasteiger partial charge is 2.00 e. The van der Waals surface area contributed by atoms with E-state index in [2.05, 4.69) is 4.98 Å². The molecule has 44 valence electrons. The Balaban J connectivity index is -0.000000163. The Morgan fingerprint density at radius 3 is 2.00 bits per heavy atom. The maximum Gasteiger partial charge on any atom is 2.00 e. The molecule has 1 aromatic heterocycles. The van der Waals surface area contributed by atoms with E-state index in [9.17, 15) is 0 Å². The van der Waals surface area contributed by atoms with Crippen LogP contribution in [0.4, 0.5) is 0 Å². The normalized spacial score (nSPS) is 6.10. The third-order valence-corrected chi connectivity index (χ3v) is 0.813. The van der Waals surface area contributed by atoms with Crippen molar-refractivity contribution in [2.24, 2.45) is 0 Å². The Labute approximate surface area is 78.5 Å². The quantitative estimate of drug-likeness (QED) is 0.533. The molecule has 0 aliphatic carbocycles. The van der Waals surface area contributed by atoms with E-state index in [1.165, 1.54) is 0 Å². The van der Waals surface area contributed by atoms with Crippen molar-refractivity contribution >= 4 is 16.8 Å². The van der Waals surface area contributed by atoms with Crippen molar-refractivity contribution in [2.75, 3.05) is 0 Å². The summed E-state index contributed by atoms with van der Waals surface area (Å²) < 4.78 is 0. The second kappa shape index (κ2) is 8.90. The van der Waals surface area contributed by atoms with E-state index < -0.39 is 0 Å². The van der Waals surface area contributed by atoms with Crippen molar-refractivity contribution < 1.29 is 19.5 Å². The molecule has 10 heavy (non-hydrogen) atoms. The fourth-order valence-corrected chi connectivity index (χ4v) is 0.448. The Morgan fingerprint density at radius 2 is 1.80 bits per heavy atom. The molecule has 0 aromatic carbocycles. The number of rotatable bonds is 0. The summed E-state index contributed by atoms with van der Waals surface area (Å²) in [5.41, 5.74) is 1.07. The van der Waals surface area contributed by atoms with Crippen LogP contribution in [0.15, 0.2) is 24.4 Å². The molecule has 0 unspecified atom stereocenters. The SMILES string of the molecule is Cc1ccccn1.[B-].[B-].[Zn+2]. The van der Waals surface area contributed by atoms with Gasteiger partial charge in [-0.1, -0.05) is 6.07 Å². The van der Waals surface area contributed by atoms with Crippen LogP contribution in [-0.2, 0) is 19.5 Å². The van der Waals surface area contributed by atoms with E-state index in [1.807, 2.05) is 25.1 Å². The Hall–Kier alpha value is -0.0968. The zero-order chi connectivity index (χ0) is 5.11. The summed E-state index contributed by atoms with van der Waals surface area (Å²) >= 11 is 0. The van der Waals surface area contributed by atoms with Gasteiger partial charge in [0.05, 0.1) is 0 Å². The minimum absolute atomic E-state index is 0. The van der Waals surface area contributed by atoms with Crippen LogP contribution < -0.4 is 0 Å². The van der Waals surface area contributed by atoms with Gasteiger partial charge in [0, 0.05) is 11.9 Å². The summed E-state index contributed by atoms with van der Waals surface area (Å²) in [7, 11) is 0. The molecule has 1 rings (SSSR count). The summed E-state index contributed by atoms with van der Waals surface area (Å²) in [5, 5.41) is 0. The first-order valence-corrected chi connectivity index (χ1v) is 2.27. The van der Waals surface area contributed by atoms with Gasteiger partial charge in [0.2, 0.25) is 0 Å². The maximum atomic E-state index is 3.98. The molecule has 0 spiro atoms. The summed E-state index contributed by atoms with van der Waals surface area (Å²) in [6.07, 6.45) is 1.79. The number of aromatic nitrogens is 1. The molecular weight excluding hydrogens is 173 g/mol. The van der Waals surface area contributed by atoms with Crippen molar-refractivity contribution in [3.8, 4) is 0 Å². The van der Waals surface area contributed by atoms with Gasteiger partial charge >= 0.3 is 19.5 Å². The van der Waals surface area contributed by atoms with Crippen LogP contribution in [0, 0.1) is 6.92 Å². The molecule has 0 bridgehead atoms. The first-order valence-electron chi connectivity index (χ1n) is 2.27. The van der Waals surface area contributed by atoms with Crippen molar-refractivity contribution in [2.45, 2.75) is 6.92 Å². The molecule has 0 atom stereocenters. The third-order valence-electron chi connectivity index (χ3n) is 0.813. The molecule has 0 aliphatic rings. The van der Waals surface area contributed by atoms with Gasteiger partial charge in [0.1, 0.15) is 0 Å². The van der Waals surface area contributed by atoms with Crippen molar-refractivity contribution in [1.29, 1.82) is 0 Å². The Morgan fingerprint density at radius 1 is 1.20 bits per heavy atom. The molecular formula is C6H7B2NZn. The van der Waals surface area contributed by atoms with Gasteiger partial charge in [-0.2, -0.15) is 0 Å². The van der Waals surface area contributed by atoms with E-state index in [0.29, 0.717) is 0 Å². The molecule has 4 heteroatoms. The topological polar surface area (TPSA) is 12.9 Å². The van der Waals surface area contributed by atoms with Gasteiger partial charge in [-0.25, -0.2) is 0 Å². The average molecular weight is 180 g/mol. The molecule has 0 saturated heterocycles. The molecule has 0 aliphatic heterocycles. The minimum Gasteiger partial charge on any atom is -1.00 e. The molecule has 1 nitrogen and oxygen atoms in total. The van der Waals surface area contributed by atoms with Gasteiger partial charge in [0.25, 0.3) is 0 Å². The number of pyridine rings is 1. The standard InChI is InChI=1S/C6H7N.2B.Zn/c1-6-4-2-3-5-7-6;;;/h2-5H,1H3;;;/q;2*-1;+2. The van der Waals surface area contributed by atoms with Crippen LogP contribution in [0.1, 0.15) is 5.69 Å². The Kier molecular flexibility index (Phi) is 14.7. The van der Waals surface area contributed by atoms with Gasteiger partial charge in [-0.15, -0.1) is 0 Å². The number of aryl methyl sites for hydroxylation is 1. The molecule has 1 heterocycles. The van der Waals surface area contributed by atoms with E-state index in [0.717, 1.165) is 5.69 Å². The predicted octanol–water partition coefficient (Wildman–Crippen LogP) is 0.626. The first-order chi connectivity index (χ1) is 3.39. The fourth-order valence-electron chi connectivity index (χ4n) is 0.448. The fraction of sp³-hybridized carbons (Fsp3) is 0.167. The van der Waals surface area contributed by atoms with Crippen molar-refractivity contribution in [3.63, 3.8) is 0 Å². The number of nitrogens with zero attached hydrogens (tertiary/aromatic N) is 1. The van der Waals surface area contributed by atoms with Crippen LogP contribution in [0.25, 0.3) is 0 Å². The van der Waals surface area contributed by atoms with Crippen molar-refractivity contribution in [1.82, 2.24) is 4.98 Å². The smallest absolute Gasteiger partial charge is 1.00 e. The van der Waals surface area contributed by atoms with Crippen LogP contribution in [0.2, 0.25) is 0 Å². The predicted molar refractivity (Wildman–Crippen MR) is 40.5 cm³/mol. The van der Waals surface area contributed by atoms with Crippen LogP contribution >= 0.6 is 0 Å². The van der Waals surface area contributed by atoms with E-state index in [4.69, 9.17) is 0 Å². The van der Waals surface area contributed by atoms with Gasteiger partial charge in [-0.05, 0) is 19.1 Å². The molecule has 8 radical (unpaired) electrons. The van der Waals surface area contributed by atoms with E-state index >= 15 is 0 Å².